The molecule has 31 heavy (non-hydrogen) atoms. The highest BCUT2D eigenvalue weighted by Gasteiger charge is 2.55. The zero-order valence-electron chi connectivity index (χ0n) is 19.4. The van der Waals surface area contributed by atoms with Gasteiger partial charge in [-0.2, -0.15) is 0 Å². The molecule has 4 aliphatic rings. The molecule has 3 atom stereocenters. The zero-order chi connectivity index (χ0) is 21.5. The van der Waals surface area contributed by atoms with Gasteiger partial charge < -0.3 is 15.0 Å². The van der Waals surface area contributed by atoms with E-state index < -0.39 is 0 Å². The van der Waals surface area contributed by atoms with Gasteiger partial charge in [0.05, 0.1) is 24.2 Å². The number of amides is 1. The second-order valence-electron chi connectivity index (χ2n) is 10.5. The summed E-state index contributed by atoms with van der Waals surface area (Å²) in [7, 11) is 0. The van der Waals surface area contributed by atoms with Gasteiger partial charge in [0.15, 0.2) is 0 Å². The standard InChI is InChI=1S/C26H39N3O2/c1-3-28-13-9-22-18-23(29-14-16-31-17-15-29)8-10-25(22,19-28)24(30)27-26(11-12-26)21-6-4-20(2)5-7-21/h4-7,22-23H,3,8-19H2,1-2H3,(H,27,30)/t22-,23+,25-/m1/s1. The van der Waals surface area contributed by atoms with E-state index in [9.17, 15) is 4.79 Å². The van der Waals surface area contributed by atoms with Crippen LogP contribution in [0.15, 0.2) is 24.3 Å². The van der Waals surface area contributed by atoms with Gasteiger partial charge >= 0.3 is 0 Å². The third kappa shape index (κ3) is 4.05. The SMILES string of the molecule is CCN1CC[C@@H]2C[C@@H](N3CCOCC3)CC[C@@]2(C(=O)NC2(c3ccc(C)cc3)CC2)C1. The van der Waals surface area contributed by atoms with Crippen molar-refractivity contribution in [3.8, 4) is 0 Å². The molecular weight excluding hydrogens is 386 g/mol. The van der Waals surface area contributed by atoms with Crippen LogP contribution >= 0.6 is 0 Å². The molecule has 2 aliphatic carbocycles. The average Bonchev–Trinajstić information content (AvgIpc) is 3.59. The molecule has 1 amide bonds. The van der Waals surface area contributed by atoms with Crippen LogP contribution in [0.2, 0.25) is 0 Å². The summed E-state index contributed by atoms with van der Waals surface area (Å²) in [5, 5.41) is 3.60. The first-order chi connectivity index (χ1) is 15.0. The maximum atomic E-state index is 14.0. The summed E-state index contributed by atoms with van der Waals surface area (Å²) in [6.07, 6.45) is 6.61. The van der Waals surface area contributed by atoms with E-state index in [1.54, 1.807) is 0 Å². The van der Waals surface area contributed by atoms with E-state index in [0.717, 1.165) is 78.0 Å². The lowest BCUT2D eigenvalue weighted by molar-refractivity contribution is -0.146. The average molecular weight is 426 g/mol. The largest absolute Gasteiger partial charge is 0.379 e. The van der Waals surface area contributed by atoms with Gasteiger partial charge in [0, 0.05) is 25.7 Å². The Bertz CT molecular complexity index is 784. The van der Waals surface area contributed by atoms with E-state index in [-0.39, 0.29) is 11.0 Å². The van der Waals surface area contributed by atoms with Crippen molar-refractivity contribution in [3.63, 3.8) is 0 Å². The second kappa shape index (κ2) is 8.49. The minimum absolute atomic E-state index is 0.125. The number of likely N-dealkylation sites (tertiary alicyclic amines) is 1. The highest BCUT2D eigenvalue weighted by Crippen LogP contribution is 2.51. The van der Waals surface area contributed by atoms with Crippen molar-refractivity contribution >= 4 is 5.91 Å². The number of hydrogen-bond acceptors (Lipinski definition) is 4. The zero-order valence-corrected chi connectivity index (χ0v) is 19.4. The van der Waals surface area contributed by atoms with Crippen molar-refractivity contribution in [1.29, 1.82) is 0 Å². The molecule has 5 rings (SSSR count). The minimum Gasteiger partial charge on any atom is -0.379 e. The molecule has 0 radical (unpaired) electrons. The van der Waals surface area contributed by atoms with Crippen molar-refractivity contribution in [2.45, 2.75) is 64.0 Å². The lowest BCUT2D eigenvalue weighted by Gasteiger charge is -2.53. The van der Waals surface area contributed by atoms with Crippen molar-refractivity contribution in [3.05, 3.63) is 35.4 Å². The van der Waals surface area contributed by atoms with Gasteiger partial charge in [-0.3, -0.25) is 9.69 Å². The van der Waals surface area contributed by atoms with Crippen LogP contribution in [-0.2, 0) is 15.1 Å². The van der Waals surface area contributed by atoms with Crippen molar-refractivity contribution in [1.82, 2.24) is 15.1 Å². The molecule has 1 N–H and O–H groups in total. The van der Waals surface area contributed by atoms with Crippen LogP contribution in [0.4, 0.5) is 0 Å². The maximum absolute atomic E-state index is 14.0. The number of benzene rings is 1. The van der Waals surface area contributed by atoms with E-state index in [1.165, 1.54) is 17.5 Å². The van der Waals surface area contributed by atoms with Crippen LogP contribution in [0.1, 0.15) is 56.6 Å². The van der Waals surface area contributed by atoms with Crippen LogP contribution in [-0.4, -0.2) is 67.7 Å². The topological polar surface area (TPSA) is 44.8 Å². The fraction of sp³-hybridized carbons (Fsp3) is 0.731. The molecule has 0 unspecified atom stereocenters. The summed E-state index contributed by atoms with van der Waals surface area (Å²) < 4.78 is 5.58. The molecule has 5 nitrogen and oxygen atoms in total. The number of aryl methyl sites for hydroxylation is 1. The molecule has 5 heteroatoms. The number of rotatable bonds is 5. The molecule has 0 bridgehead atoms. The summed E-state index contributed by atoms with van der Waals surface area (Å²) >= 11 is 0. The Labute approximate surface area is 187 Å². The Balaban J connectivity index is 1.35. The lowest BCUT2D eigenvalue weighted by atomic mass is 9.60. The van der Waals surface area contributed by atoms with E-state index in [2.05, 4.69) is 53.2 Å². The Morgan fingerprint density at radius 1 is 1.10 bits per heavy atom. The number of nitrogens with one attached hydrogen (secondary N) is 1. The first kappa shape index (κ1) is 21.4. The van der Waals surface area contributed by atoms with E-state index in [0.29, 0.717) is 17.9 Å². The highest BCUT2D eigenvalue weighted by atomic mass is 16.5. The van der Waals surface area contributed by atoms with Gasteiger partial charge in [0.1, 0.15) is 0 Å². The molecule has 2 heterocycles. The fourth-order valence-electron chi connectivity index (χ4n) is 6.46. The van der Waals surface area contributed by atoms with Crippen LogP contribution < -0.4 is 5.32 Å². The van der Waals surface area contributed by atoms with Crippen molar-refractivity contribution in [2.24, 2.45) is 11.3 Å². The first-order valence-corrected chi connectivity index (χ1v) is 12.5. The van der Waals surface area contributed by atoms with Gasteiger partial charge in [0.25, 0.3) is 0 Å². The predicted octanol–water partition coefficient (Wildman–Crippen LogP) is 3.31. The number of fused-ring (bicyclic) bond motifs is 1. The maximum Gasteiger partial charge on any atom is 0.228 e. The molecule has 4 fully saturated rings. The minimum atomic E-state index is -0.225. The molecule has 2 saturated carbocycles. The fourth-order valence-corrected chi connectivity index (χ4v) is 6.46. The molecule has 0 aromatic heterocycles. The number of morpholine rings is 1. The van der Waals surface area contributed by atoms with Gasteiger partial charge in [-0.1, -0.05) is 36.8 Å². The molecule has 2 aliphatic heterocycles. The van der Waals surface area contributed by atoms with Gasteiger partial charge in [-0.25, -0.2) is 0 Å². The quantitative estimate of drug-likeness (QED) is 0.786. The molecular formula is C26H39N3O2. The third-order valence-electron chi connectivity index (χ3n) is 8.73. The number of carbonyl (C=O) groups is 1. The molecule has 1 aromatic carbocycles. The molecule has 0 spiro atoms. The highest BCUT2D eigenvalue weighted by molar-refractivity contribution is 5.85. The third-order valence-corrected chi connectivity index (χ3v) is 8.73. The number of carbonyl (C=O) groups excluding carboxylic acids is 1. The summed E-state index contributed by atoms with van der Waals surface area (Å²) in [6.45, 7) is 11.3. The predicted molar refractivity (Wildman–Crippen MR) is 123 cm³/mol. The molecule has 2 saturated heterocycles. The lowest BCUT2D eigenvalue weighted by Crippen LogP contribution is -2.61. The van der Waals surface area contributed by atoms with Crippen LogP contribution in [0.5, 0.6) is 0 Å². The monoisotopic (exact) mass is 425 g/mol. The van der Waals surface area contributed by atoms with Gasteiger partial charge in [-0.15, -0.1) is 0 Å². The smallest absolute Gasteiger partial charge is 0.228 e. The Morgan fingerprint density at radius 3 is 2.52 bits per heavy atom. The summed E-state index contributed by atoms with van der Waals surface area (Å²) in [6, 6.07) is 9.40. The van der Waals surface area contributed by atoms with Crippen LogP contribution in [0, 0.1) is 18.3 Å². The number of nitrogens with zero attached hydrogens (tertiary/aromatic N) is 2. The van der Waals surface area contributed by atoms with Gasteiger partial charge in [0.2, 0.25) is 5.91 Å². The summed E-state index contributed by atoms with van der Waals surface area (Å²) in [5.41, 5.74) is 2.21. The summed E-state index contributed by atoms with van der Waals surface area (Å²) in [4.78, 5) is 19.2. The van der Waals surface area contributed by atoms with E-state index >= 15 is 0 Å². The van der Waals surface area contributed by atoms with E-state index in [4.69, 9.17) is 4.74 Å². The number of hydrogen-bond donors (Lipinski definition) is 1. The molecule has 170 valence electrons. The summed E-state index contributed by atoms with van der Waals surface area (Å²) in [5.74, 6) is 0.819. The number of ether oxygens (including phenoxy) is 1. The molecule has 1 aromatic rings. The normalized spacial score (nSPS) is 33.5. The first-order valence-electron chi connectivity index (χ1n) is 12.5. The van der Waals surface area contributed by atoms with Crippen molar-refractivity contribution in [2.75, 3.05) is 45.9 Å². The Morgan fingerprint density at radius 2 is 1.84 bits per heavy atom. The number of piperidine rings is 1. The van der Waals surface area contributed by atoms with Crippen LogP contribution in [0.25, 0.3) is 0 Å². The van der Waals surface area contributed by atoms with Crippen molar-refractivity contribution < 1.29 is 9.53 Å². The van der Waals surface area contributed by atoms with Crippen LogP contribution in [0.3, 0.4) is 0 Å². The Kier molecular flexibility index (Phi) is 5.87. The second-order valence-corrected chi connectivity index (χ2v) is 10.5. The Hall–Kier alpha value is -1.43. The van der Waals surface area contributed by atoms with Gasteiger partial charge in [-0.05, 0) is 70.0 Å². The van der Waals surface area contributed by atoms with E-state index in [1.807, 2.05) is 0 Å².